The maximum Gasteiger partial charge on any atom is 0.317 e. The predicted molar refractivity (Wildman–Crippen MR) is 83.5 cm³/mol. The molecule has 2 heterocycles. The van der Waals surface area contributed by atoms with Gasteiger partial charge in [-0.1, -0.05) is 24.4 Å². The number of nitrogens with zero attached hydrogens (tertiary/aromatic N) is 3. The molecule has 1 N–H and O–H groups in total. The fourth-order valence-corrected chi connectivity index (χ4v) is 3.34. The Labute approximate surface area is 131 Å². The Kier molecular flexibility index (Phi) is 4.97. The van der Waals surface area contributed by atoms with Crippen LogP contribution in [0.1, 0.15) is 43.6 Å². The van der Waals surface area contributed by atoms with Crippen molar-refractivity contribution < 1.29 is 9.32 Å². The quantitative estimate of drug-likeness (QED) is 0.929. The van der Waals surface area contributed by atoms with Crippen molar-refractivity contribution in [1.82, 2.24) is 20.3 Å². The van der Waals surface area contributed by atoms with E-state index in [1.165, 1.54) is 19.3 Å². The van der Waals surface area contributed by atoms with E-state index in [1.807, 2.05) is 17.9 Å². The molecule has 3 rings (SSSR count). The van der Waals surface area contributed by atoms with Gasteiger partial charge in [0, 0.05) is 44.8 Å². The van der Waals surface area contributed by atoms with Crippen molar-refractivity contribution >= 4 is 6.03 Å². The summed E-state index contributed by atoms with van der Waals surface area (Å²) in [6, 6.07) is 2.48. The lowest BCUT2D eigenvalue weighted by Crippen LogP contribution is -2.53. The highest BCUT2D eigenvalue weighted by atomic mass is 16.5. The number of piperazine rings is 1. The number of carbonyl (C=O) groups is 1. The fraction of sp³-hybridized carbons (Fsp3) is 0.750. The van der Waals surface area contributed by atoms with Crippen LogP contribution < -0.4 is 5.32 Å². The minimum absolute atomic E-state index is 0.115. The standard InChI is InChI=1S/C16H26N4O2/c1-13-11-15(18-22-13)12-19-7-9-20(10-8-19)16(21)17-14-5-3-2-4-6-14/h11,14H,2-10,12H2,1H3,(H,17,21). The largest absolute Gasteiger partial charge is 0.361 e. The van der Waals surface area contributed by atoms with E-state index < -0.39 is 0 Å². The minimum atomic E-state index is 0.115. The SMILES string of the molecule is Cc1cc(CN2CCN(C(=O)NC3CCCCC3)CC2)no1. The van der Waals surface area contributed by atoms with Crippen LogP contribution in [0.25, 0.3) is 0 Å². The van der Waals surface area contributed by atoms with E-state index in [9.17, 15) is 4.79 Å². The molecule has 2 amide bonds. The van der Waals surface area contributed by atoms with Crippen LogP contribution in [0.15, 0.2) is 10.6 Å². The van der Waals surface area contributed by atoms with Crippen molar-refractivity contribution in [3.05, 3.63) is 17.5 Å². The van der Waals surface area contributed by atoms with E-state index in [0.29, 0.717) is 6.04 Å². The molecule has 0 unspecified atom stereocenters. The van der Waals surface area contributed by atoms with Gasteiger partial charge < -0.3 is 14.7 Å². The summed E-state index contributed by atoms with van der Waals surface area (Å²) in [5.74, 6) is 0.848. The van der Waals surface area contributed by atoms with Crippen molar-refractivity contribution in [3.8, 4) is 0 Å². The molecular weight excluding hydrogens is 280 g/mol. The topological polar surface area (TPSA) is 61.6 Å². The summed E-state index contributed by atoms with van der Waals surface area (Å²) in [4.78, 5) is 16.6. The lowest BCUT2D eigenvalue weighted by molar-refractivity contribution is 0.130. The zero-order chi connectivity index (χ0) is 15.4. The van der Waals surface area contributed by atoms with Gasteiger partial charge in [-0.3, -0.25) is 4.90 Å². The van der Waals surface area contributed by atoms with Crippen LogP contribution in [0, 0.1) is 6.92 Å². The molecule has 0 spiro atoms. The predicted octanol–water partition coefficient (Wildman–Crippen LogP) is 2.14. The first-order valence-corrected chi connectivity index (χ1v) is 8.41. The number of hydrogen-bond donors (Lipinski definition) is 1. The van der Waals surface area contributed by atoms with Crippen molar-refractivity contribution in [2.24, 2.45) is 0 Å². The van der Waals surface area contributed by atoms with Crippen LogP contribution in [0.3, 0.4) is 0 Å². The van der Waals surface area contributed by atoms with Crippen LogP contribution >= 0.6 is 0 Å². The smallest absolute Gasteiger partial charge is 0.317 e. The Balaban J connectivity index is 1.41. The van der Waals surface area contributed by atoms with Crippen LogP contribution in [-0.2, 0) is 6.54 Å². The van der Waals surface area contributed by atoms with Gasteiger partial charge in [0.1, 0.15) is 5.76 Å². The second-order valence-corrected chi connectivity index (χ2v) is 6.48. The summed E-state index contributed by atoms with van der Waals surface area (Å²) in [6.07, 6.45) is 6.08. The zero-order valence-electron chi connectivity index (χ0n) is 13.4. The Bertz CT molecular complexity index is 488. The van der Waals surface area contributed by atoms with Crippen LogP contribution in [0.5, 0.6) is 0 Å². The maximum absolute atomic E-state index is 12.3. The van der Waals surface area contributed by atoms with Gasteiger partial charge in [-0.15, -0.1) is 0 Å². The molecule has 1 saturated heterocycles. The molecule has 6 nitrogen and oxygen atoms in total. The molecule has 0 aromatic carbocycles. The zero-order valence-corrected chi connectivity index (χ0v) is 13.4. The molecule has 1 saturated carbocycles. The third-order valence-electron chi connectivity index (χ3n) is 4.65. The molecule has 1 aliphatic carbocycles. The van der Waals surface area contributed by atoms with Gasteiger partial charge in [0.2, 0.25) is 0 Å². The number of carbonyl (C=O) groups excluding carboxylic acids is 1. The van der Waals surface area contributed by atoms with Crippen molar-refractivity contribution in [3.63, 3.8) is 0 Å². The molecule has 1 aromatic rings. The molecule has 2 fully saturated rings. The normalized spacial score (nSPS) is 21.0. The Hall–Kier alpha value is -1.56. The van der Waals surface area contributed by atoms with Gasteiger partial charge >= 0.3 is 6.03 Å². The van der Waals surface area contributed by atoms with E-state index in [4.69, 9.17) is 4.52 Å². The third-order valence-corrected chi connectivity index (χ3v) is 4.65. The Morgan fingerprint density at radius 2 is 2.00 bits per heavy atom. The molecule has 122 valence electrons. The Morgan fingerprint density at radius 1 is 1.27 bits per heavy atom. The molecule has 22 heavy (non-hydrogen) atoms. The highest BCUT2D eigenvalue weighted by Crippen LogP contribution is 2.18. The second kappa shape index (κ2) is 7.13. The molecule has 0 bridgehead atoms. The highest BCUT2D eigenvalue weighted by molar-refractivity contribution is 5.74. The average molecular weight is 306 g/mol. The van der Waals surface area contributed by atoms with Gasteiger partial charge in [0.25, 0.3) is 0 Å². The molecule has 1 aromatic heterocycles. The first-order valence-electron chi connectivity index (χ1n) is 8.41. The van der Waals surface area contributed by atoms with Crippen molar-refractivity contribution in [1.29, 1.82) is 0 Å². The molecular formula is C16H26N4O2. The van der Waals surface area contributed by atoms with E-state index >= 15 is 0 Å². The van der Waals surface area contributed by atoms with E-state index in [0.717, 1.165) is 57.0 Å². The summed E-state index contributed by atoms with van der Waals surface area (Å²) in [5.41, 5.74) is 0.970. The number of aromatic nitrogens is 1. The van der Waals surface area contributed by atoms with E-state index in [2.05, 4.69) is 15.4 Å². The number of urea groups is 1. The number of nitrogens with one attached hydrogen (secondary N) is 1. The van der Waals surface area contributed by atoms with E-state index in [-0.39, 0.29) is 6.03 Å². The van der Waals surface area contributed by atoms with E-state index in [1.54, 1.807) is 0 Å². The average Bonchev–Trinajstić information content (AvgIpc) is 2.94. The van der Waals surface area contributed by atoms with Gasteiger partial charge in [0.15, 0.2) is 0 Å². The highest BCUT2D eigenvalue weighted by Gasteiger charge is 2.24. The summed E-state index contributed by atoms with van der Waals surface area (Å²) in [5, 5.41) is 7.23. The fourth-order valence-electron chi connectivity index (χ4n) is 3.34. The number of rotatable bonds is 3. The molecule has 2 aliphatic rings. The first-order chi connectivity index (χ1) is 10.7. The summed E-state index contributed by atoms with van der Waals surface area (Å²) in [7, 11) is 0. The van der Waals surface area contributed by atoms with Crippen molar-refractivity contribution in [2.75, 3.05) is 26.2 Å². The lowest BCUT2D eigenvalue weighted by atomic mass is 9.96. The monoisotopic (exact) mass is 306 g/mol. The van der Waals surface area contributed by atoms with Gasteiger partial charge in [-0.05, 0) is 19.8 Å². The van der Waals surface area contributed by atoms with Gasteiger partial charge in [0.05, 0.1) is 5.69 Å². The van der Waals surface area contributed by atoms with Crippen LogP contribution in [0.4, 0.5) is 4.79 Å². The number of amides is 2. The minimum Gasteiger partial charge on any atom is -0.361 e. The second-order valence-electron chi connectivity index (χ2n) is 6.48. The molecule has 0 atom stereocenters. The maximum atomic E-state index is 12.3. The van der Waals surface area contributed by atoms with Crippen molar-refractivity contribution in [2.45, 2.75) is 51.6 Å². The number of aryl methyl sites for hydroxylation is 1. The molecule has 0 radical (unpaired) electrons. The van der Waals surface area contributed by atoms with Gasteiger partial charge in [-0.2, -0.15) is 0 Å². The molecule has 6 heteroatoms. The van der Waals surface area contributed by atoms with Gasteiger partial charge in [-0.25, -0.2) is 4.79 Å². The molecule has 1 aliphatic heterocycles. The summed E-state index contributed by atoms with van der Waals surface area (Å²) < 4.78 is 5.10. The lowest BCUT2D eigenvalue weighted by Gasteiger charge is -2.35. The number of hydrogen-bond acceptors (Lipinski definition) is 4. The summed E-state index contributed by atoms with van der Waals surface area (Å²) in [6.45, 7) is 6.07. The Morgan fingerprint density at radius 3 is 2.64 bits per heavy atom. The summed E-state index contributed by atoms with van der Waals surface area (Å²) >= 11 is 0. The third kappa shape index (κ3) is 4.00. The van der Waals surface area contributed by atoms with Crippen LogP contribution in [-0.4, -0.2) is 53.2 Å². The first kappa shape index (κ1) is 15.3. The van der Waals surface area contributed by atoms with Crippen LogP contribution in [0.2, 0.25) is 0 Å².